The minimum absolute atomic E-state index is 0.0114. The zero-order chi connectivity index (χ0) is 22.2. The summed E-state index contributed by atoms with van der Waals surface area (Å²) >= 11 is 0. The minimum Gasteiger partial charge on any atom is -0.341 e. The number of rotatable bonds is 7. The zero-order valence-corrected chi connectivity index (χ0v) is 19.4. The number of carbonyl (C=O) groups excluding carboxylic acids is 1. The van der Waals surface area contributed by atoms with Gasteiger partial charge in [0.05, 0.1) is 6.04 Å². The highest BCUT2D eigenvalue weighted by atomic mass is 16.2. The number of carbonyl (C=O) groups is 1. The van der Waals surface area contributed by atoms with E-state index in [-0.39, 0.29) is 6.04 Å². The normalized spacial score (nSPS) is 20.0. The van der Waals surface area contributed by atoms with Crippen molar-refractivity contribution in [2.75, 3.05) is 45.8 Å². The number of piperidine rings is 1. The van der Waals surface area contributed by atoms with Crippen LogP contribution in [0.2, 0.25) is 0 Å². The van der Waals surface area contributed by atoms with Crippen LogP contribution in [-0.2, 0) is 11.2 Å². The van der Waals surface area contributed by atoms with E-state index >= 15 is 0 Å². The SMILES string of the molecule is C[C@@H](C(=O)N1CCC(Cc2ccccc2)CC1)N1CCN(C/C=C/c2ccccc2)CC1. The Kier molecular flexibility index (Phi) is 8.13. The van der Waals surface area contributed by atoms with Crippen LogP contribution >= 0.6 is 0 Å². The van der Waals surface area contributed by atoms with E-state index < -0.39 is 0 Å². The molecule has 0 aromatic heterocycles. The predicted octanol–water partition coefficient (Wildman–Crippen LogP) is 4.19. The summed E-state index contributed by atoms with van der Waals surface area (Å²) in [6.07, 6.45) is 7.82. The average molecular weight is 432 g/mol. The van der Waals surface area contributed by atoms with Crippen LogP contribution in [0.1, 0.15) is 30.9 Å². The van der Waals surface area contributed by atoms with Crippen molar-refractivity contribution in [1.82, 2.24) is 14.7 Å². The number of piperazine rings is 1. The van der Waals surface area contributed by atoms with Crippen LogP contribution in [0.15, 0.2) is 66.7 Å². The van der Waals surface area contributed by atoms with Crippen LogP contribution in [0.4, 0.5) is 0 Å². The van der Waals surface area contributed by atoms with Crippen molar-refractivity contribution in [1.29, 1.82) is 0 Å². The maximum absolute atomic E-state index is 13.1. The number of likely N-dealkylation sites (tertiary alicyclic amines) is 1. The molecule has 0 N–H and O–H groups in total. The third-order valence-electron chi connectivity index (χ3n) is 7.08. The fourth-order valence-corrected chi connectivity index (χ4v) is 4.96. The van der Waals surface area contributed by atoms with Crippen LogP contribution in [-0.4, -0.2) is 72.5 Å². The van der Waals surface area contributed by atoms with Gasteiger partial charge in [0, 0.05) is 45.8 Å². The third-order valence-corrected chi connectivity index (χ3v) is 7.08. The van der Waals surface area contributed by atoms with E-state index in [9.17, 15) is 4.79 Å². The van der Waals surface area contributed by atoms with Gasteiger partial charge in [-0.05, 0) is 43.2 Å². The molecule has 0 aliphatic carbocycles. The van der Waals surface area contributed by atoms with Gasteiger partial charge in [0.15, 0.2) is 0 Å². The van der Waals surface area contributed by atoms with E-state index in [1.807, 2.05) is 6.07 Å². The first-order valence-corrected chi connectivity index (χ1v) is 12.2. The van der Waals surface area contributed by atoms with Gasteiger partial charge in [0.2, 0.25) is 5.91 Å². The molecule has 0 bridgehead atoms. The van der Waals surface area contributed by atoms with Gasteiger partial charge in [-0.15, -0.1) is 0 Å². The van der Waals surface area contributed by atoms with Crippen molar-refractivity contribution < 1.29 is 4.79 Å². The van der Waals surface area contributed by atoms with Gasteiger partial charge in [-0.1, -0.05) is 72.8 Å². The smallest absolute Gasteiger partial charge is 0.239 e. The summed E-state index contributed by atoms with van der Waals surface area (Å²) < 4.78 is 0. The van der Waals surface area contributed by atoms with E-state index in [2.05, 4.69) is 88.4 Å². The second-order valence-corrected chi connectivity index (χ2v) is 9.28. The molecule has 2 fully saturated rings. The minimum atomic E-state index is -0.0114. The highest BCUT2D eigenvalue weighted by molar-refractivity contribution is 5.81. The number of hydrogen-bond donors (Lipinski definition) is 0. The summed E-state index contributed by atoms with van der Waals surface area (Å²) in [5, 5.41) is 0. The van der Waals surface area contributed by atoms with E-state index in [4.69, 9.17) is 0 Å². The number of hydrogen-bond acceptors (Lipinski definition) is 3. The largest absolute Gasteiger partial charge is 0.341 e. The maximum atomic E-state index is 13.1. The second kappa shape index (κ2) is 11.4. The third kappa shape index (κ3) is 6.30. The van der Waals surface area contributed by atoms with Crippen LogP contribution in [0, 0.1) is 5.92 Å². The Bertz CT molecular complexity index is 851. The number of benzene rings is 2. The van der Waals surface area contributed by atoms with Gasteiger partial charge in [-0.2, -0.15) is 0 Å². The second-order valence-electron chi connectivity index (χ2n) is 9.28. The zero-order valence-electron chi connectivity index (χ0n) is 19.4. The molecule has 32 heavy (non-hydrogen) atoms. The molecule has 2 heterocycles. The van der Waals surface area contributed by atoms with Gasteiger partial charge in [0.25, 0.3) is 0 Å². The lowest BCUT2D eigenvalue weighted by molar-refractivity contribution is -0.138. The van der Waals surface area contributed by atoms with Crippen molar-refractivity contribution in [3.8, 4) is 0 Å². The molecule has 4 heteroatoms. The Labute approximate surface area is 193 Å². The van der Waals surface area contributed by atoms with Crippen LogP contribution in [0.25, 0.3) is 6.08 Å². The first-order chi connectivity index (χ1) is 15.7. The van der Waals surface area contributed by atoms with E-state index in [0.29, 0.717) is 11.8 Å². The molecule has 0 radical (unpaired) electrons. The van der Waals surface area contributed by atoms with E-state index in [1.165, 1.54) is 11.1 Å². The fourth-order valence-electron chi connectivity index (χ4n) is 4.96. The summed E-state index contributed by atoms with van der Waals surface area (Å²) in [5.74, 6) is 1.02. The Balaban J connectivity index is 1.17. The first-order valence-electron chi connectivity index (χ1n) is 12.2. The van der Waals surface area contributed by atoms with Crippen molar-refractivity contribution in [3.05, 3.63) is 77.9 Å². The monoisotopic (exact) mass is 431 g/mol. The standard InChI is InChI=1S/C28H37N3O/c1-24(28(32)31-17-14-27(15-18-31)23-26-11-6-3-7-12-26)30-21-19-29(20-22-30)16-8-13-25-9-4-2-5-10-25/h2-13,24,27H,14-23H2,1H3/b13-8+/t24-/m0/s1. The summed E-state index contributed by atoms with van der Waals surface area (Å²) in [4.78, 5) is 20.1. The number of amides is 1. The highest BCUT2D eigenvalue weighted by Crippen LogP contribution is 2.23. The summed E-state index contributed by atoms with van der Waals surface area (Å²) in [6, 6.07) is 21.2. The molecule has 170 valence electrons. The molecule has 4 rings (SSSR count). The molecule has 2 aliphatic heterocycles. The molecule has 2 aromatic carbocycles. The van der Waals surface area contributed by atoms with Crippen LogP contribution in [0.5, 0.6) is 0 Å². The molecule has 0 spiro atoms. The molecule has 4 nitrogen and oxygen atoms in total. The average Bonchev–Trinajstić information content (AvgIpc) is 2.85. The summed E-state index contributed by atoms with van der Waals surface area (Å²) in [5.41, 5.74) is 2.67. The van der Waals surface area contributed by atoms with E-state index in [1.54, 1.807) is 0 Å². The lowest BCUT2D eigenvalue weighted by atomic mass is 9.90. The van der Waals surface area contributed by atoms with Gasteiger partial charge in [-0.3, -0.25) is 14.6 Å². The first kappa shape index (κ1) is 22.8. The molecular weight excluding hydrogens is 394 g/mol. The van der Waals surface area contributed by atoms with Gasteiger partial charge in [-0.25, -0.2) is 0 Å². The van der Waals surface area contributed by atoms with Gasteiger partial charge >= 0.3 is 0 Å². The Hall–Kier alpha value is -2.43. The van der Waals surface area contributed by atoms with Crippen molar-refractivity contribution in [3.63, 3.8) is 0 Å². The quantitative estimate of drug-likeness (QED) is 0.658. The highest BCUT2D eigenvalue weighted by Gasteiger charge is 2.30. The molecule has 0 unspecified atom stereocenters. The maximum Gasteiger partial charge on any atom is 0.239 e. The van der Waals surface area contributed by atoms with Crippen molar-refractivity contribution >= 4 is 12.0 Å². The lowest BCUT2D eigenvalue weighted by Gasteiger charge is -2.40. The van der Waals surface area contributed by atoms with Gasteiger partial charge in [0.1, 0.15) is 0 Å². The lowest BCUT2D eigenvalue weighted by Crippen LogP contribution is -2.55. The molecule has 2 aliphatic rings. The van der Waals surface area contributed by atoms with Gasteiger partial charge < -0.3 is 4.90 Å². The molecule has 2 saturated heterocycles. The topological polar surface area (TPSA) is 26.8 Å². The van der Waals surface area contributed by atoms with E-state index in [0.717, 1.165) is 65.1 Å². The molecule has 1 atom stereocenters. The predicted molar refractivity (Wildman–Crippen MR) is 132 cm³/mol. The van der Waals surface area contributed by atoms with Crippen molar-refractivity contribution in [2.24, 2.45) is 5.92 Å². The van der Waals surface area contributed by atoms with Crippen LogP contribution in [0.3, 0.4) is 0 Å². The molecular formula is C28H37N3O. The fraction of sp³-hybridized carbons (Fsp3) is 0.464. The molecule has 2 aromatic rings. The van der Waals surface area contributed by atoms with Crippen molar-refractivity contribution in [2.45, 2.75) is 32.2 Å². The summed E-state index contributed by atoms with van der Waals surface area (Å²) in [6.45, 7) is 8.87. The number of nitrogens with zero attached hydrogens (tertiary/aromatic N) is 3. The molecule has 0 saturated carbocycles. The van der Waals surface area contributed by atoms with Crippen LogP contribution < -0.4 is 0 Å². The molecule has 1 amide bonds. The summed E-state index contributed by atoms with van der Waals surface area (Å²) in [7, 11) is 0. The Morgan fingerprint density at radius 1 is 0.906 bits per heavy atom. The Morgan fingerprint density at radius 2 is 1.53 bits per heavy atom. The Morgan fingerprint density at radius 3 is 2.19 bits per heavy atom.